The van der Waals surface area contributed by atoms with Crippen LogP contribution in [0, 0.1) is 0 Å². The highest BCUT2D eigenvalue weighted by atomic mass is 28.4. The van der Waals surface area contributed by atoms with E-state index in [4.69, 9.17) is 13.6 Å². The minimum absolute atomic E-state index is 0.0867. The Labute approximate surface area is 201 Å². The first-order valence-electron chi connectivity index (χ1n) is 11.9. The highest BCUT2D eigenvalue weighted by Crippen LogP contribution is 2.41. The van der Waals surface area contributed by atoms with Gasteiger partial charge in [-0.05, 0) is 33.5 Å². The van der Waals surface area contributed by atoms with Gasteiger partial charge < -0.3 is 18.4 Å². The summed E-state index contributed by atoms with van der Waals surface area (Å²) < 4.78 is 19.7. The fourth-order valence-electron chi connectivity index (χ4n) is 4.17. The first kappa shape index (κ1) is 26.0. The molecule has 1 saturated heterocycles. The van der Waals surface area contributed by atoms with Crippen LogP contribution < -0.4 is 10.4 Å². The van der Waals surface area contributed by atoms with Crippen molar-refractivity contribution in [3.05, 3.63) is 60.7 Å². The third-order valence-electron chi connectivity index (χ3n) is 7.22. The van der Waals surface area contributed by atoms with Gasteiger partial charge in [0.15, 0.2) is 14.6 Å². The molecule has 2 aromatic rings. The van der Waals surface area contributed by atoms with Crippen LogP contribution in [0.15, 0.2) is 60.7 Å². The number of rotatable bonds is 9. The second-order valence-corrected chi connectivity index (χ2v) is 20.7. The lowest BCUT2D eigenvalue weighted by molar-refractivity contribution is -0.108. The molecule has 0 saturated carbocycles. The maximum atomic E-state index is 11.5. The second-order valence-electron chi connectivity index (χ2n) is 11.6. The van der Waals surface area contributed by atoms with Crippen LogP contribution in [-0.4, -0.2) is 47.8 Å². The summed E-state index contributed by atoms with van der Waals surface area (Å²) in [6.07, 6.45) is -0.121. The molecule has 1 aliphatic rings. The van der Waals surface area contributed by atoms with E-state index in [0.717, 1.165) is 6.29 Å². The summed E-state index contributed by atoms with van der Waals surface area (Å²) >= 11 is 0. The SMILES string of the molecule is CC(C)(C)[Si](C)(C)OC[C@H](O[Si](c1ccccc1)(c1ccccc1)C(C)(C)C)[C@H]1O[C@H]1C=O. The number of epoxide rings is 1. The number of benzene rings is 2. The molecular weight excluding hydrogens is 444 g/mol. The first-order valence-corrected chi connectivity index (χ1v) is 16.7. The molecule has 0 amide bonds. The average Bonchev–Trinajstić information content (AvgIpc) is 3.53. The van der Waals surface area contributed by atoms with Gasteiger partial charge in [0.1, 0.15) is 12.2 Å². The van der Waals surface area contributed by atoms with Gasteiger partial charge in [0.25, 0.3) is 8.32 Å². The van der Waals surface area contributed by atoms with E-state index in [0.29, 0.717) is 6.61 Å². The van der Waals surface area contributed by atoms with Gasteiger partial charge in [-0.1, -0.05) is 102 Å². The summed E-state index contributed by atoms with van der Waals surface area (Å²) in [6.45, 7) is 18.4. The zero-order valence-corrected chi connectivity index (χ0v) is 23.4. The Bertz CT molecular complexity index is 877. The molecule has 1 aliphatic heterocycles. The predicted molar refractivity (Wildman–Crippen MR) is 140 cm³/mol. The normalized spacial score (nSPS) is 20.4. The van der Waals surface area contributed by atoms with E-state index in [1.165, 1.54) is 10.4 Å². The van der Waals surface area contributed by atoms with Crippen molar-refractivity contribution in [1.82, 2.24) is 0 Å². The molecule has 0 aliphatic carbocycles. The largest absolute Gasteiger partial charge is 0.414 e. The maximum Gasteiger partial charge on any atom is 0.261 e. The van der Waals surface area contributed by atoms with Crippen LogP contribution >= 0.6 is 0 Å². The smallest absolute Gasteiger partial charge is 0.261 e. The van der Waals surface area contributed by atoms with Crippen LogP contribution in [0.1, 0.15) is 41.5 Å². The van der Waals surface area contributed by atoms with E-state index >= 15 is 0 Å². The molecule has 0 radical (unpaired) electrons. The van der Waals surface area contributed by atoms with Gasteiger partial charge in [0.2, 0.25) is 0 Å². The fraction of sp³-hybridized carbons (Fsp3) is 0.519. The Morgan fingerprint density at radius 1 is 0.879 bits per heavy atom. The molecule has 0 unspecified atom stereocenters. The van der Waals surface area contributed by atoms with Gasteiger partial charge in [-0.2, -0.15) is 0 Å². The number of hydrogen-bond acceptors (Lipinski definition) is 4. The summed E-state index contributed by atoms with van der Waals surface area (Å²) in [5, 5.41) is 2.36. The van der Waals surface area contributed by atoms with Crippen molar-refractivity contribution in [3.8, 4) is 0 Å². The molecule has 0 bridgehead atoms. The molecule has 2 aromatic carbocycles. The monoisotopic (exact) mass is 484 g/mol. The van der Waals surface area contributed by atoms with Crippen molar-refractivity contribution < 1.29 is 18.4 Å². The number of hydrogen-bond donors (Lipinski definition) is 0. The molecule has 4 nitrogen and oxygen atoms in total. The summed E-state index contributed by atoms with van der Waals surface area (Å²) in [5.74, 6) is 0. The summed E-state index contributed by atoms with van der Waals surface area (Å²) in [4.78, 5) is 11.5. The lowest BCUT2D eigenvalue weighted by Gasteiger charge is -2.45. The van der Waals surface area contributed by atoms with Crippen LogP contribution in [-0.2, 0) is 18.4 Å². The zero-order chi connectivity index (χ0) is 24.5. The van der Waals surface area contributed by atoms with Crippen molar-refractivity contribution in [1.29, 1.82) is 0 Å². The van der Waals surface area contributed by atoms with Gasteiger partial charge in [-0.25, -0.2) is 0 Å². The quantitative estimate of drug-likeness (QED) is 0.288. The standard InChI is InChI=1S/C27H40O4Si2/c1-26(2,3)32(7,8)29-20-24(25-23(19-28)30-25)31-33(27(4,5)6,21-15-11-9-12-16-21)22-17-13-10-14-18-22/h9-19,23-25H,20H2,1-8H3/t23-,24-,25-/m0/s1. The Kier molecular flexibility index (Phi) is 7.56. The lowest BCUT2D eigenvalue weighted by Crippen LogP contribution is -2.68. The molecule has 180 valence electrons. The van der Waals surface area contributed by atoms with Gasteiger partial charge in [0, 0.05) is 0 Å². The number of aldehydes is 1. The molecule has 3 atom stereocenters. The van der Waals surface area contributed by atoms with Crippen molar-refractivity contribution >= 4 is 33.3 Å². The van der Waals surface area contributed by atoms with E-state index in [-0.39, 0.29) is 22.3 Å². The highest BCUT2D eigenvalue weighted by molar-refractivity contribution is 6.99. The van der Waals surface area contributed by atoms with Crippen molar-refractivity contribution in [2.75, 3.05) is 6.61 Å². The minimum Gasteiger partial charge on any atom is -0.414 e. The zero-order valence-electron chi connectivity index (χ0n) is 21.4. The summed E-state index contributed by atoms with van der Waals surface area (Å²) in [7, 11) is -4.79. The first-order chi connectivity index (χ1) is 15.3. The van der Waals surface area contributed by atoms with Crippen LogP contribution in [0.5, 0.6) is 0 Å². The molecule has 0 aromatic heterocycles. The van der Waals surface area contributed by atoms with E-state index in [2.05, 4.69) is 103 Å². The summed E-state index contributed by atoms with van der Waals surface area (Å²) in [6, 6.07) is 21.1. The Morgan fingerprint density at radius 2 is 1.36 bits per heavy atom. The molecule has 1 fully saturated rings. The molecule has 33 heavy (non-hydrogen) atoms. The minimum atomic E-state index is -2.78. The maximum absolute atomic E-state index is 11.5. The van der Waals surface area contributed by atoms with E-state index in [1.54, 1.807) is 0 Å². The number of carbonyl (C=O) groups excluding carboxylic acids is 1. The molecule has 1 heterocycles. The Morgan fingerprint density at radius 3 is 1.73 bits per heavy atom. The Balaban J connectivity index is 2.07. The van der Waals surface area contributed by atoms with Crippen LogP contribution in [0.25, 0.3) is 0 Å². The lowest BCUT2D eigenvalue weighted by atomic mass is 10.2. The third-order valence-corrected chi connectivity index (χ3v) is 16.8. The van der Waals surface area contributed by atoms with Crippen molar-refractivity contribution in [2.45, 2.75) is 83.0 Å². The van der Waals surface area contributed by atoms with Crippen LogP contribution in [0.2, 0.25) is 23.2 Å². The fourth-order valence-corrected chi connectivity index (χ4v) is 9.85. The summed E-state index contributed by atoms with van der Waals surface area (Å²) in [5.41, 5.74) is 0. The predicted octanol–water partition coefficient (Wildman–Crippen LogP) is 4.92. The topological polar surface area (TPSA) is 48.1 Å². The number of ether oxygens (including phenoxy) is 1. The molecule has 6 heteroatoms. The van der Waals surface area contributed by atoms with Crippen LogP contribution in [0.3, 0.4) is 0 Å². The van der Waals surface area contributed by atoms with Gasteiger partial charge in [-0.3, -0.25) is 0 Å². The molecule has 3 rings (SSSR count). The van der Waals surface area contributed by atoms with E-state index in [9.17, 15) is 4.79 Å². The van der Waals surface area contributed by atoms with Crippen molar-refractivity contribution in [2.24, 2.45) is 0 Å². The average molecular weight is 485 g/mol. The van der Waals surface area contributed by atoms with E-state index in [1.807, 2.05) is 12.1 Å². The van der Waals surface area contributed by atoms with Crippen LogP contribution in [0.4, 0.5) is 0 Å². The third kappa shape index (κ3) is 5.41. The molecule has 0 N–H and O–H groups in total. The molecular formula is C27H40O4Si2. The Hall–Kier alpha value is -1.58. The van der Waals surface area contributed by atoms with Crippen molar-refractivity contribution in [3.63, 3.8) is 0 Å². The van der Waals surface area contributed by atoms with Gasteiger partial charge >= 0.3 is 0 Å². The van der Waals surface area contributed by atoms with Gasteiger partial charge in [-0.15, -0.1) is 0 Å². The van der Waals surface area contributed by atoms with Gasteiger partial charge in [0.05, 0.1) is 12.7 Å². The molecule has 0 spiro atoms. The highest BCUT2D eigenvalue weighted by Gasteiger charge is 2.56. The second kappa shape index (κ2) is 9.58. The van der Waals surface area contributed by atoms with E-state index < -0.39 is 22.7 Å². The number of carbonyl (C=O) groups is 1.